The number of hydrogen-bond donors (Lipinski definition) is 0. The molecular formula is C15H22N2OS. The Morgan fingerprint density at radius 3 is 2.74 bits per heavy atom. The van der Waals surface area contributed by atoms with E-state index in [2.05, 4.69) is 22.9 Å². The van der Waals surface area contributed by atoms with Crippen LogP contribution in [0.2, 0.25) is 0 Å². The molecule has 104 valence electrons. The predicted molar refractivity (Wildman–Crippen MR) is 78.4 cm³/mol. The van der Waals surface area contributed by atoms with Crippen molar-refractivity contribution < 1.29 is 4.79 Å². The molecule has 2 aliphatic heterocycles. The van der Waals surface area contributed by atoms with Crippen LogP contribution in [0.25, 0.3) is 0 Å². The lowest BCUT2D eigenvalue weighted by molar-refractivity contribution is -0.129. The zero-order valence-electron chi connectivity index (χ0n) is 11.6. The molecule has 3 rings (SSSR count). The van der Waals surface area contributed by atoms with Gasteiger partial charge in [-0.25, -0.2) is 0 Å². The van der Waals surface area contributed by atoms with Crippen LogP contribution in [0.4, 0.5) is 0 Å². The van der Waals surface area contributed by atoms with Crippen molar-refractivity contribution in [1.29, 1.82) is 0 Å². The molecule has 3 heterocycles. The van der Waals surface area contributed by atoms with E-state index in [9.17, 15) is 4.79 Å². The molecule has 1 aromatic heterocycles. The Morgan fingerprint density at radius 2 is 2.05 bits per heavy atom. The van der Waals surface area contributed by atoms with Crippen LogP contribution in [0.5, 0.6) is 0 Å². The minimum absolute atomic E-state index is 0.318. The second-order valence-electron chi connectivity index (χ2n) is 6.12. The van der Waals surface area contributed by atoms with E-state index >= 15 is 0 Å². The van der Waals surface area contributed by atoms with Crippen LogP contribution in [0.3, 0.4) is 0 Å². The molecule has 1 amide bonds. The van der Waals surface area contributed by atoms with E-state index < -0.39 is 0 Å². The summed E-state index contributed by atoms with van der Waals surface area (Å²) in [6.45, 7) is 4.33. The van der Waals surface area contributed by atoms with Crippen LogP contribution in [-0.4, -0.2) is 48.9 Å². The number of hydrogen-bond acceptors (Lipinski definition) is 3. The van der Waals surface area contributed by atoms with Crippen molar-refractivity contribution in [2.75, 3.05) is 33.2 Å². The molecule has 0 bridgehead atoms. The number of rotatable bonds is 2. The van der Waals surface area contributed by atoms with Crippen LogP contribution in [0.1, 0.15) is 24.1 Å². The lowest BCUT2D eigenvalue weighted by Crippen LogP contribution is -2.40. The molecule has 0 unspecified atom stereocenters. The Bertz CT molecular complexity index is 435. The zero-order valence-corrected chi connectivity index (χ0v) is 12.4. The normalized spacial score (nSPS) is 23.1. The summed E-state index contributed by atoms with van der Waals surface area (Å²) in [5.74, 6) is 0.318. The highest BCUT2D eigenvalue weighted by Crippen LogP contribution is 2.40. The van der Waals surface area contributed by atoms with Gasteiger partial charge in [-0.1, -0.05) is 6.07 Å². The highest BCUT2D eigenvalue weighted by atomic mass is 32.1. The lowest BCUT2D eigenvalue weighted by Gasteiger charge is -2.37. The topological polar surface area (TPSA) is 23.6 Å². The summed E-state index contributed by atoms with van der Waals surface area (Å²) in [6.07, 6.45) is 4.31. The van der Waals surface area contributed by atoms with Gasteiger partial charge in [-0.15, -0.1) is 11.3 Å². The van der Waals surface area contributed by atoms with Crippen LogP contribution in [-0.2, 0) is 11.2 Å². The number of likely N-dealkylation sites (tertiary alicyclic amines) is 2. The van der Waals surface area contributed by atoms with Gasteiger partial charge < -0.3 is 9.80 Å². The molecule has 19 heavy (non-hydrogen) atoms. The first kappa shape index (κ1) is 13.1. The molecule has 1 spiro atoms. The average Bonchev–Trinajstić information content (AvgIpc) is 3.04. The minimum Gasteiger partial charge on any atom is -0.342 e. The summed E-state index contributed by atoms with van der Waals surface area (Å²) < 4.78 is 0. The van der Waals surface area contributed by atoms with Crippen molar-refractivity contribution in [3.8, 4) is 0 Å². The minimum atomic E-state index is 0.318. The standard InChI is InChI=1S/C15H22N2OS/c1-16-7-4-15(5-8-16)6-9-17(12-15)14(18)11-13-3-2-10-19-13/h2-3,10H,4-9,11-12H2,1H3. The van der Waals surface area contributed by atoms with Gasteiger partial charge in [0.25, 0.3) is 0 Å². The maximum atomic E-state index is 12.3. The van der Waals surface area contributed by atoms with Crippen molar-refractivity contribution in [2.45, 2.75) is 25.7 Å². The Morgan fingerprint density at radius 1 is 1.32 bits per heavy atom. The fraction of sp³-hybridized carbons (Fsp3) is 0.667. The van der Waals surface area contributed by atoms with Gasteiger partial charge in [-0.2, -0.15) is 0 Å². The second kappa shape index (κ2) is 5.25. The molecule has 2 aliphatic rings. The van der Waals surface area contributed by atoms with E-state index in [1.54, 1.807) is 11.3 Å². The number of thiophene rings is 1. The summed E-state index contributed by atoms with van der Waals surface area (Å²) >= 11 is 1.68. The van der Waals surface area contributed by atoms with E-state index in [1.165, 1.54) is 37.2 Å². The Labute approximate surface area is 119 Å². The third kappa shape index (κ3) is 2.84. The van der Waals surface area contributed by atoms with Gasteiger partial charge >= 0.3 is 0 Å². The van der Waals surface area contributed by atoms with E-state index in [0.717, 1.165) is 13.1 Å². The molecule has 2 fully saturated rings. The SMILES string of the molecule is CN1CCC2(CC1)CCN(C(=O)Cc1cccs1)C2. The van der Waals surface area contributed by atoms with Gasteiger partial charge in [0.1, 0.15) is 0 Å². The maximum absolute atomic E-state index is 12.3. The zero-order chi connectivity index (χ0) is 13.3. The molecular weight excluding hydrogens is 256 g/mol. The summed E-state index contributed by atoms with van der Waals surface area (Å²) in [5.41, 5.74) is 0.428. The number of carbonyl (C=O) groups is 1. The molecule has 3 nitrogen and oxygen atoms in total. The van der Waals surface area contributed by atoms with Crippen LogP contribution in [0.15, 0.2) is 17.5 Å². The van der Waals surface area contributed by atoms with Gasteiger partial charge in [0.2, 0.25) is 5.91 Å². The maximum Gasteiger partial charge on any atom is 0.227 e. The summed E-state index contributed by atoms with van der Waals surface area (Å²) in [7, 11) is 2.20. The first-order valence-corrected chi connectivity index (χ1v) is 8.04. The average molecular weight is 278 g/mol. The number of piperidine rings is 1. The molecule has 0 aliphatic carbocycles. The number of carbonyl (C=O) groups excluding carboxylic acids is 1. The molecule has 1 aromatic rings. The molecule has 0 radical (unpaired) electrons. The molecule has 0 saturated carbocycles. The van der Waals surface area contributed by atoms with Gasteiger partial charge in [0, 0.05) is 18.0 Å². The Hall–Kier alpha value is -0.870. The number of amides is 1. The summed E-state index contributed by atoms with van der Waals surface area (Å²) in [5, 5.41) is 2.05. The van der Waals surface area contributed by atoms with Crippen molar-refractivity contribution >= 4 is 17.2 Å². The molecule has 0 aromatic carbocycles. The molecule has 0 atom stereocenters. The van der Waals surface area contributed by atoms with Gasteiger partial charge in [0.05, 0.1) is 6.42 Å². The Balaban J connectivity index is 1.58. The fourth-order valence-corrected chi connectivity index (χ4v) is 4.02. The van der Waals surface area contributed by atoms with Crippen LogP contribution >= 0.6 is 11.3 Å². The monoisotopic (exact) mass is 278 g/mol. The third-order valence-corrected chi connectivity index (χ3v) is 5.62. The third-order valence-electron chi connectivity index (χ3n) is 4.74. The first-order chi connectivity index (χ1) is 9.17. The Kier molecular flexibility index (Phi) is 3.63. The highest BCUT2D eigenvalue weighted by molar-refractivity contribution is 7.10. The fourth-order valence-electron chi connectivity index (χ4n) is 3.32. The van der Waals surface area contributed by atoms with E-state index in [0.29, 0.717) is 17.7 Å². The van der Waals surface area contributed by atoms with E-state index in [1.807, 2.05) is 11.4 Å². The lowest BCUT2D eigenvalue weighted by atomic mass is 9.78. The van der Waals surface area contributed by atoms with Crippen LogP contribution in [0, 0.1) is 5.41 Å². The number of nitrogens with zero attached hydrogens (tertiary/aromatic N) is 2. The first-order valence-electron chi connectivity index (χ1n) is 7.16. The van der Waals surface area contributed by atoms with Crippen LogP contribution < -0.4 is 0 Å². The second-order valence-corrected chi connectivity index (χ2v) is 7.16. The smallest absolute Gasteiger partial charge is 0.227 e. The molecule has 2 saturated heterocycles. The van der Waals surface area contributed by atoms with Crippen molar-refractivity contribution in [3.05, 3.63) is 22.4 Å². The van der Waals surface area contributed by atoms with E-state index in [-0.39, 0.29) is 0 Å². The van der Waals surface area contributed by atoms with Crippen molar-refractivity contribution in [1.82, 2.24) is 9.80 Å². The summed E-state index contributed by atoms with van der Waals surface area (Å²) in [4.78, 5) is 18.0. The molecule has 4 heteroatoms. The van der Waals surface area contributed by atoms with Gasteiger partial charge in [-0.05, 0) is 56.3 Å². The molecule has 0 N–H and O–H groups in total. The van der Waals surface area contributed by atoms with Crippen molar-refractivity contribution in [2.24, 2.45) is 5.41 Å². The largest absolute Gasteiger partial charge is 0.342 e. The van der Waals surface area contributed by atoms with Gasteiger partial charge in [-0.3, -0.25) is 4.79 Å². The van der Waals surface area contributed by atoms with Crippen molar-refractivity contribution in [3.63, 3.8) is 0 Å². The predicted octanol–water partition coefficient (Wildman–Crippen LogP) is 2.23. The quantitative estimate of drug-likeness (QED) is 0.828. The van der Waals surface area contributed by atoms with Gasteiger partial charge in [0.15, 0.2) is 0 Å². The summed E-state index contributed by atoms with van der Waals surface area (Å²) in [6, 6.07) is 4.08. The van der Waals surface area contributed by atoms with E-state index in [4.69, 9.17) is 0 Å². The highest BCUT2D eigenvalue weighted by Gasteiger charge is 2.41.